The Kier molecular flexibility index (Phi) is 5.44. The van der Waals surface area contributed by atoms with Gasteiger partial charge in [0.15, 0.2) is 5.78 Å². The van der Waals surface area contributed by atoms with Crippen LogP contribution in [0.2, 0.25) is 0 Å². The maximum atomic E-state index is 12.9. The second kappa shape index (κ2) is 7.11. The Morgan fingerprint density at radius 3 is 2.43 bits per heavy atom. The summed E-state index contributed by atoms with van der Waals surface area (Å²) in [6.45, 7) is 6.31. The summed E-state index contributed by atoms with van der Waals surface area (Å²) in [7, 11) is 1.66. The van der Waals surface area contributed by atoms with E-state index in [4.69, 9.17) is 4.74 Å². The first-order valence-electron chi connectivity index (χ1n) is 8.26. The number of hydrogen-bond acceptors (Lipinski definition) is 2. The van der Waals surface area contributed by atoms with Crippen LogP contribution in [0, 0.1) is 25.7 Å². The molecule has 2 heteroatoms. The zero-order valence-electron chi connectivity index (χ0n) is 13.9. The Hall–Kier alpha value is -1.31. The highest BCUT2D eigenvalue weighted by atomic mass is 16.5. The third kappa shape index (κ3) is 3.66. The van der Waals surface area contributed by atoms with Gasteiger partial charge in [-0.1, -0.05) is 25.8 Å². The topological polar surface area (TPSA) is 26.3 Å². The zero-order chi connectivity index (χ0) is 15.4. The van der Waals surface area contributed by atoms with Crippen LogP contribution in [-0.2, 0) is 0 Å². The lowest BCUT2D eigenvalue weighted by Gasteiger charge is -2.28. The second-order valence-corrected chi connectivity index (χ2v) is 6.53. The minimum absolute atomic E-state index is 0.188. The number of aryl methyl sites for hydroxylation is 2. The van der Waals surface area contributed by atoms with Crippen molar-refractivity contribution in [1.29, 1.82) is 0 Å². The molecule has 116 valence electrons. The fourth-order valence-corrected chi connectivity index (χ4v) is 3.73. The van der Waals surface area contributed by atoms with E-state index in [-0.39, 0.29) is 5.92 Å². The van der Waals surface area contributed by atoms with E-state index in [9.17, 15) is 4.79 Å². The predicted molar refractivity (Wildman–Crippen MR) is 87.2 cm³/mol. The molecule has 0 saturated heterocycles. The van der Waals surface area contributed by atoms with Gasteiger partial charge in [-0.05, 0) is 62.6 Å². The molecule has 1 aliphatic rings. The van der Waals surface area contributed by atoms with E-state index < -0.39 is 0 Å². The number of Topliss-reactive ketones (excluding diaryl/α,β-unsaturated/α-hetero) is 1. The molecule has 1 aromatic rings. The standard InChI is InChI=1S/C19H28O2/c1-5-6-15-7-9-16(10-8-15)19(20)18-14(3)11-13(2)12-17(18)21-4/h11-12,15-16H,5-10H2,1-4H3. The number of methoxy groups -OCH3 is 1. The van der Waals surface area contributed by atoms with Crippen molar-refractivity contribution in [1.82, 2.24) is 0 Å². The van der Waals surface area contributed by atoms with Gasteiger partial charge in [0, 0.05) is 5.92 Å². The Labute approximate surface area is 128 Å². The highest BCUT2D eigenvalue weighted by molar-refractivity contribution is 6.01. The highest BCUT2D eigenvalue weighted by Crippen LogP contribution is 2.36. The van der Waals surface area contributed by atoms with Crippen LogP contribution < -0.4 is 4.74 Å². The molecule has 0 spiro atoms. The molecule has 1 fully saturated rings. The fraction of sp³-hybridized carbons (Fsp3) is 0.632. The van der Waals surface area contributed by atoms with Crippen LogP contribution in [0.1, 0.15) is 66.9 Å². The van der Waals surface area contributed by atoms with E-state index in [1.807, 2.05) is 19.9 Å². The molecule has 0 bridgehead atoms. The molecule has 1 saturated carbocycles. The maximum Gasteiger partial charge on any atom is 0.169 e. The predicted octanol–water partition coefficient (Wildman–Crippen LogP) is 5.10. The molecule has 21 heavy (non-hydrogen) atoms. The molecule has 1 aliphatic carbocycles. The normalized spacial score (nSPS) is 22.1. The first-order chi connectivity index (χ1) is 10.1. The molecule has 2 rings (SSSR count). The lowest BCUT2D eigenvalue weighted by Crippen LogP contribution is -2.23. The van der Waals surface area contributed by atoms with Gasteiger partial charge >= 0.3 is 0 Å². The number of ether oxygens (including phenoxy) is 1. The van der Waals surface area contributed by atoms with Crippen LogP contribution in [-0.4, -0.2) is 12.9 Å². The summed E-state index contributed by atoms with van der Waals surface area (Å²) >= 11 is 0. The van der Waals surface area contributed by atoms with E-state index in [0.717, 1.165) is 41.2 Å². The van der Waals surface area contributed by atoms with E-state index in [1.165, 1.54) is 25.7 Å². The maximum absolute atomic E-state index is 12.9. The summed E-state index contributed by atoms with van der Waals surface area (Å²) in [6, 6.07) is 4.06. The Balaban J connectivity index is 2.14. The summed E-state index contributed by atoms with van der Waals surface area (Å²) in [6.07, 6.45) is 7.07. The van der Waals surface area contributed by atoms with Gasteiger partial charge in [-0.2, -0.15) is 0 Å². The third-order valence-electron chi connectivity index (χ3n) is 4.82. The summed E-state index contributed by atoms with van der Waals surface area (Å²) in [4.78, 5) is 12.9. The molecule has 1 aromatic carbocycles. The molecular weight excluding hydrogens is 260 g/mol. The van der Waals surface area contributed by atoms with Crippen molar-refractivity contribution in [2.75, 3.05) is 7.11 Å². The van der Waals surface area contributed by atoms with Crippen LogP contribution >= 0.6 is 0 Å². The van der Waals surface area contributed by atoms with Crippen molar-refractivity contribution in [2.24, 2.45) is 11.8 Å². The zero-order valence-corrected chi connectivity index (χ0v) is 13.9. The highest BCUT2D eigenvalue weighted by Gasteiger charge is 2.29. The molecule has 0 atom stereocenters. The third-order valence-corrected chi connectivity index (χ3v) is 4.82. The van der Waals surface area contributed by atoms with E-state index in [1.54, 1.807) is 7.11 Å². The lowest BCUT2D eigenvalue weighted by molar-refractivity contribution is 0.0866. The van der Waals surface area contributed by atoms with E-state index >= 15 is 0 Å². The van der Waals surface area contributed by atoms with Gasteiger partial charge in [0.2, 0.25) is 0 Å². The number of carbonyl (C=O) groups excluding carboxylic acids is 1. The summed E-state index contributed by atoms with van der Waals surface area (Å²) in [5.74, 6) is 2.06. The Morgan fingerprint density at radius 1 is 1.19 bits per heavy atom. The van der Waals surface area contributed by atoms with Crippen molar-refractivity contribution >= 4 is 5.78 Å². The van der Waals surface area contributed by atoms with Gasteiger partial charge < -0.3 is 4.74 Å². The number of rotatable bonds is 5. The van der Waals surface area contributed by atoms with Gasteiger partial charge in [-0.3, -0.25) is 4.79 Å². The van der Waals surface area contributed by atoms with Gasteiger partial charge in [0.1, 0.15) is 5.75 Å². The monoisotopic (exact) mass is 288 g/mol. The number of ketones is 1. The van der Waals surface area contributed by atoms with Crippen molar-refractivity contribution in [3.05, 3.63) is 28.8 Å². The molecule has 0 N–H and O–H groups in total. The number of carbonyl (C=O) groups is 1. The van der Waals surface area contributed by atoms with Gasteiger partial charge in [-0.15, -0.1) is 0 Å². The number of benzene rings is 1. The Morgan fingerprint density at radius 2 is 1.86 bits per heavy atom. The van der Waals surface area contributed by atoms with Crippen LogP contribution in [0.25, 0.3) is 0 Å². The van der Waals surface area contributed by atoms with Gasteiger partial charge in [0.05, 0.1) is 12.7 Å². The van der Waals surface area contributed by atoms with Crippen LogP contribution in [0.3, 0.4) is 0 Å². The minimum atomic E-state index is 0.188. The summed E-state index contributed by atoms with van der Waals surface area (Å²) < 4.78 is 5.46. The lowest BCUT2D eigenvalue weighted by atomic mass is 9.76. The van der Waals surface area contributed by atoms with Crippen molar-refractivity contribution in [3.63, 3.8) is 0 Å². The molecule has 0 radical (unpaired) electrons. The first-order valence-corrected chi connectivity index (χ1v) is 8.26. The van der Waals surface area contributed by atoms with E-state index in [2.05, 4.69) is 13.0 Å². The number of hydrogen-bond donors (Lipinski definition) is 0. The quantitative estimate of drug-likeness (QED) is 0.704. The fourth-order valence-electron chi connectivity index (χ4n) is 3.73. The van der Waals surface area contributed by atoms with Gasteiger partial charge in [0.25, 0.3) is 0 Å². The molecule has 0 aliphatic heterocycles. The van der Waals surface area contributed by atoms with E-state index in [0.29, 0.717) is 5.78 Å². The first kappa shape index (κ1) is 16.1. The smallest absolute Gasteiger partial charge is 0.169 e. The van der Waals surface area contributed by atoms with Crippen molar-refractivity contribution in [2.45, 2.75) is 59.3 Å². The van der Waals surface area contributed by atoms with Crippen LogP contribution in [0.15, 0.2) is 12.1 Å². The van der Waals surface area contributed by atoms with Crippen LogP contribution in [0.5, 0.6) is 5.75 Å². The summed E-state index contributed by atoms with van der Waals surface area (Å²) in [5.41, 5.74) is 3.00. The molecule has 0 amide bonds. The molecule has 0 heterocycles. The van der Waals surface area contributed by atoms with Crippen molar-refractivity contribution < 1.29 is 9.53 Å². The average Bonchev–Trinajstić information content (AvgIpc) is 2.47. The molecule has 0 aromatic heterocycles. The average molecular weight is 288 g/mol. The summed E-state index contributed by atoms with van der Waals surface area (Å²) in [5, 5.41) is 0. The van der Waals surface area contributed by atoms with Crippen molar-refractivity contribution in [3.8, 4) is 5.75 Å². The van der Waals surface area contributed by atoms with Gasteiger partial charge in [-0.25, -0.2) is 0 Å². The Bertz CT molecular complexity index is 497. The SMILES string of the molecule is CCCC1CCC(C(=O)c2c(C)cc(C)cc2OC)CC1. The largest absolute Gasteiger partial charge is 0.496 e. The molecule has 0 unspecified atom stereocenters. The second-order valence-electron chi connectivity index (χ2n) is 6.53. The molecular formula is C19H28O2. The minimum Gasteiger partial charge on any atom is -0.496 e. The molecule has 2 nitrogen and oxygen atoms in total. The van der Waals surface area contributed by atoms with Crippen LogP contribution in [0.4, 0.5) is 0 Å².